The van der Waals surface area contributed by atoms with Gasteiger partial charge in [0.05, 0.1) is 11.9 Å². The fraction of sp³-hybridized carbons (Fsp3) is 0.615. The van der Waals surface area contributed by atoms with Crippen molar-refractivity contribution in [3.05, 3.63) is 17.8 Å². The molecule has 0 radical (unpaired) electrons. The molecule has 17 heavy (non-hydrogen) atoms. The lowest BCUT2D eigenvalue weighted by Gasteiger charge is -2.28. The van der Waals surface area contributed by atoms with Crippen molar-refractivity contribution in [1.82, 2.24) is 4.98 Å². The normalized spacial score (nSPS) is 18.9. The Morgan fingerprint density at radius 3 is 2.82 bits per heavy atom. The van der Waals surface area contributed by atoms with Gasteiger partial charge in [-0.3, -0.25) is 0 Å². The monoisotopic (exact) mass is 235 g/mol. The highest BCUT2D eigenvalue weighted by Crippen LogP contribution is 2.22. The quantitative estimate of drug-likeness (QED) is 0.843. The third-order valence-electron chi connectivity index (χ3n) is 3.50. The van der Waals surface area contributed by atoms with Crippen molar-refractivity contribution >= 4 is 11.5 Å². The van der Waals surface area contributed by atoms with Gasteiger partial charge in [0.25, 0.3) is 0 Å². The summed E-state index contributed by atoms with van der Waals surface area (Å²) in [6.45, 7) is 5.97. The molecule has 0 spiro atoms. The van der Waals surface area contributed by atoms with Crippen molar-refractivity contribution in [1.29, 1.82) is 0 Å². The third-order valence-corrected chi connectivity index (χ3v) is 3.50. The Kier molecular flexibility index (Phi) is 3.84. The second kappa shape index (κ2) is 5.36. The Balaban J connectivity index is 1.96. The number of nitrogens with zero attached hydrogens (tertiary/aromatic N) is 1. The predicted octanol–water partition coefficient (Wildman–Crippen LogP) is 2.20. The van der Waals surface area contributed by atoms with Gasteiger partial charge in [-0.2, -0.15) is 0 Å². The minimum Gasteiger partial charge on any atom is -0.397 e. The van der Waals surface area contributed by atoms with E-state index in [1.54, 1.807) is 6.20 Å². The summed E-state index contributed by atoms with van der Waals surface area (Å²) in [5.41, 5.74) is 7.57. The fourth-order valence-electron chi connectivity index (χ4n) is 2.21. The van der Waals surface area contributed by atoms with E-state index in [2.05, 4.69) is 17.2 Å². The standard InChI is InChI=1S/C13H21N3O/c1-9-7-13(15-8-12(9)14)16-10(2)11-3-5-17-6-4-11/h7-8,10-11H,3-6,14H2,1-2H3,(H,15,16). The molecule has 1 atom stereocenters. The molecule has 1 aliphatic heterocycles. The van der Waals surface area contributed by atoms with Gasteiger partial charge in [0.1, 0.15) is 5.82 Å². The minimum absolute atomic E-state index is 0.425. The first-order valence-electron chi connectivity index (χ1n) is 6.23. The molecular weight excluding hydrogens is 214 g/mol. The molecule has 2 rings (SSSR count). The van der Waals surface area contributed by atoms with E-state index in [1.165, 1.54) is 0 Å². The van der Waals surface area contributed by atoms with Gasteiger partial charge in [-0.25, -0.2) is 4.98 Å². The molecule has 0 aromatic carbocycles. The van der Waals surface area contributed by atoms with Crippen LogP contribution in [-0.2, 0) is 4.74 Å². The molecule has 1 aliphatic rings. The highest BCUT2D eigenvalue weighted by atomic mass is 16.5. The zero-order chi connectivity index (χ0) is 12.3. The average Bonchev–Trinajstić information content (AvgIpc) is 2.35. The summed E-state index contributed by atoms with van der Waals surface area (Å²) >= 11 is 0. The molecule has 3 N–H and O–H groups in total. The van der Waals surface area contributed by atoms with E-state index in [4.69, 9.17) is 10.5 Å². The molecule has 1 saturated heterocycles. The number of hydrogen-bond acceptors (Lipinski definition) is 4. The number of nitrogens with one attached hydrogen (secondary N) is 1. The Morgan fingerprint density at radius 2 is 2.18 bits per heavy atom. The molecule has 94 valence electrons. The van der Waals surface area contributed by atoms with Crippen LogP contribution in [0.15, 0.2) is 12.3 Å². The molecule has 1 fully saturated rings. The predicted molar refractivity (Wildman–Crippen MR) is 70.0 cm³/mol. The van der Waals surface area contributed by atoms with Gasteiger partial charge in [0.2, 0.25) is 0 Å². The SMILES string of the molecule is Cc1cc(NC(C)C2CCOCC2)ncc1N. The molecule has 0 bridgehead atoms. The maximum atomic E-state index is 5.76. The molecule has 0 aliphatic carbocycles. The first-order valence-corrected chi connectivity index (χ1v) is 6.23. The van der Waals surface area contributed by atoms with Gasteiger partial charge < -0.3 is 15.8 Å². The zero-order valence-electron chi connectivity index (χ0n) is 10.6. The number of nitrogen functional groups attached to an aromatic ring is 1. The van der Waals surface area contributed by atoms with E-state index in [0.29, 0.717) is 12.0 Å². The lowest BCUT2D eigenvalue weighted by atomic mass is 9.93. The number of hydrogen-bond donors (Lipinski definition) is 2. The Labute approximate surface area is 103 Å². The second-order valence-corrected chi connectivity index (χ2v) is 4.81. The molecule has 2 heterocycles. The Morgan fingerprint density at radius 1 is 1.47 bits per heavy atom. The van der Waals surface area contributed by atoms with Crippen LogP contribution < -0.4 is 11.1 Å². The van der Waals surface area contributed by atoms with Gasteiger partial charge in [0.15, 0.2) is 0 Å². The third kappa shape index (κ3) is 3.09. The van der Waals surface area contributed by atoms with Gasteiger partial charge >= 0.3 is 0 Å². The first kappa shape index (κ1) is 12.2. The van der Waals surface area contributed by atoms with Gasteiger partial charge in [0, 0.05) is 19.3 Å². The van der Waals surface area contributed by atoms with E-state index >= 15 is 0 Å². The van der Waals surface area contributed by atoms with Crippen molar-refractivity contribution < 1.29 is 4.74 Å². The van der Waals surface area contributed by atoms with Crippen LogP contribution in [0, 0.1) is 12.8 Å². The minimum atomic E-state index is 0.425. The molecule has 1 unspecified atom stereocenters. The smallest absolute Gasteiger partial charge is 0.126 e. The van der Waals surface area contributed by atoms with Crippen LogP contribution in [0.3, 0.4) is 0 Å². The summed E-state index contributed by atoms with van der Waals surface area (Å²) in [5.74, 6) is 1.58. The largest absolute Gasteiger partial charge is 0.397 e. The van der Waals surface area contributed by atoms with Gasteiger partial charge in [-0.15, -0.1) is 0 Å². The van der Waals surface area contributed by atoms with Crippen LogP contribution in [0.5, 0.6) is 0 Å². The first-order chi connectivity index (χ1) is 8.16. The summed E-state index contributed by atoms with van der Waals surface area (Å²) < 4.78 is 5.37. The van der Waals surface area contributed by atoms with E-state index in [1.807, 2.05) is 13.0 Å². The van der Waals surface area contributed by atoms with Crippen LogP contribution in [0.4, 0.5) is 11.5 Å². The van der Waals surface area contributed by atoms with Crippen LogP contribution in [0.25, 0.3) is 0 Å². The summed E-state index contributed by atoms with van der Waals surface area (Å²) in [7, 11) is 0. The van der Waals surface area contributed by atoms with Crippen molar-refractivity contribution in [3.63, 3.8) is 0 Å². The van der Waals surface area contributed by atoms with Gasteiger partial charge in [-0.1, -0.05) is 0 Å². The molecular formula is C13H21N3O. The van der Waals surface area contributed by atoms with Crippen molar-refractivity contribution in [2.75, 3.05) is 24.3 Å². The highest BCUT2D eigenvalue weighted by molar-refractivity contribution is 5.51. The number of aromatic nitrogens is 1. The average molecular weight is 235 g/mol. The fourth-order valence-corrected chi connectivity index (χ4v) is 2.21. The van der Waals surface area contributed by atoms with Crippen LogP contribution >= 0.6 is 0 Å². The lowest BCUT2D eigenvalue weighted by Crippen LogP contribution is -2.31. The number of ether oxygens (including phenoxy) is 1. The Hall–Kier alpha value is -1.29. The number of anilines is 2. The van der Waals surface area contributed by atoms with E-state index in [0.717, 1.165) is 43.1 Å². The Bertz CT molecular complexity index is 375. The molecule has 4 nitrogen and oxygen atoms in total. The van der Waals surface area contributed by atoms with E-state index < -0.39 is 0 Å². The lowest BCUT2D eigenvalue weighted by molar-refractivity contribution is 0.0622. The van der Waals surface area contributed by atoms with Crippen molar-refractivity contribution in [2.45, 2.75) is 32.7 Å². The number of nitrogens with two attached hydrogens (primary N) is 1. The molecule has 1 aromatic rings. The van der Waals surface area contributed by atoms with Crippen LogP contribution in [0.2, 0.25) is 0 Å². The number of rotatable bonds is 3. The number of aryl methyl sites for hydroxylation is 1. The van der Waals surface area contributed by atoms with Crippen molar-refractivity contribution in [3.8, 4) is 0 Å². The summed E-state index contributed by atoms with van der Waals surface area (Å²) in [5, 5.41) is 3.46. The van der Waals surface area contributed by atoms with Crippen molar-refractivity contribution in [2.24, 2.45) is 5.92 Å². The molecule has 4 heteroatoms. The summed E-state index contributed by atoms with van der Waals surface area (Å²) in [6, 6.07) is 2.43. The summed E-state index contributed by atoms with van der Waals surface area (Å²) in [4.78, 5) is 4.31. The topological polar surface area (TPSA) is 60.2 Å². The molecule has 1 aromatic heterocycles. The summed E-state index contributed by atoms with van der Waals surface area (Å²) in [6.07, 6.45) is 3.97. The highest BCUT2D eigenvalue weighted by Gasteiger charge is 2.20. The zero-order valence-corrected chi connectivity index (χ0v) is 10.6. The molecule has 0 amide bonds. The number of pyridine rings is 1. The molecule has 0 saturated carbocycles. The maximum Gasteiger partial charge on any atom is 0.126 e. The maximum absolute atomic E-state index is 5.76. The van der Waals surface area contributed by atoms with Gasteiger partial charge in [-0.05, 0) is 44.2 Å². The van der Waals surface area contributed by atoms with E-state index in [-0.39, 0.29) is 0 Å². The van der Waals surface area contributed by atoms with Crippen LogP contribution in [-0.4, -0.2) is 24.2 Å². The van der Waals surface area contributed by atoms with Crippen LogP contribution in [0.1, 0.15) is 25.3 Å². The van der Waals surface area contributed by atoms with E-state index in [9.17, 15) is 0 Å². The second-order valence-electron chi connectivity index (χ2n) is 4.81.